The van der Waals surface area contributed by atoms with Crippen LogP contribution in [0.1, 0.15) is 15.4 Å². The molecule has 0 aliphatic rings. The summed E-state index contributed by atoms with van der Waals surface area (Å²) in [7, 11) is 0. The highest BCUT2D eigenvalue weighted by Gasteiger charge is 2.16. The lowest BCUT2D eigenvalue weighted by molar-refractivity contribution is -0.119. The van der Waals surface area contributed by atoms with Gasteiger partial charge in [-0.05, 0) is 19.1 Å². The van der Waals surface area contributed by atoms with E-state index >= 15 is 0 Å². The summed E-state index contributed by atoms with van der Waals surface area (Å²) in [4.78, 5) is 27.9. The molecule has 116 valence electrons. The van der Waals surface area contributed by atoms with Gasteiger partial charge in [0.2, 0.25) is 0 Å². The monoisotopic (exact) mass is 378 g/mol. The first kappa shape index (κ1) is 17.0. The van der Waals surface area contributed by atoms with E-state index in [-0.39, 0.29) is 15.7 Å². The van der Waals surface area contributed by atoms with Gasteiger partial charge in [0.15, 0.2) is 6.61 Å². The van der Waals surface area contributed by atoms with E-state index in [2.05, 4.69) is 10.3 Å². The highest BCUT2D eigenvalue weighted by atomic mass is 35.5. The number of ether oxygens (including phenoxy) is 1. The number of aromatic nitrogens is 1. The van der Waals surface area contributed by atoms with E-state index in [0.717, 1.165) is 11.3 Å². The van der Waals surface area contributed by atoms with Gasteiger partial charge in [0.05, 0.1) is 26.9 Å². The molecule has 0 unspecified atom stereocenters. The van der Waals surface area contributed by atoms with E-state index in [1.165, 1.54) is 17.6 Å². The van der Waals surface area contributed by atoms with Gasteiger partial charge in [-0.1, -0.05) is 34.8 Å². The second-order valence-corrected chi connectivity index (χ2v) is 6.24. The number of carbonyl (C=O) groups is 2. The van der Waals surface area contributed by atoms with Crippen LogP contribution in [0.5, 0.6) is 0 Å². The SMILES string of the molecule is Cc1ncsc1C(=O)OCC(=O)Nc1c(Cl)cc(Cl)cc1Cl. The number of esters is 1. The number of nitrogens with zero attached hydrogens (tertiary/aromatic N) is 1. The number of carbonyl (C=O) groups excluding carboxylic acids is 2. The van der Waals surface area contributed by atoms with Crippen LogP contribution in [-0.4, -0.2) is 23.5 Å². The number of amides is 1. The van der Waals surface area contributed by atoms with Gasteiger partial charge >= 0.3 is 5.97 Å². The maximum absolute atomic E-state index is 11.8. The van der Waals surface area contributed by atoms with E-state index in [0.29, 0.717) is 15.6 Å². The molecule has 0 fully saturated rings. The lowest BCUT2D eigenvalue weighted by atomic mass is 10.3. The van der Waals surface area contributed by atoms with E-state index in [4.69, 9.17) is 39.5 Å². The zero-order valence-electron chi connectivity index (χ0n) is 11.2. The number of benzene rings is 1. The molecule has 0 spiro atoms. The first-order valence-electron chi connectivity index (χ1n) is 5.90. The number of aryl methyl sites for hydroxylation is 1. The molecule has 5 nitrogen and oxygen atoms in total. The van der Waals surface area contributed by atoms with Crippen molar-refractivity contribution in [3.63, 3.8) is 0 Å². The molecular weight excluding hydrogens is 371 g/mol. The van der Waals surface area contributed by atoms with Crippen LogP contribution < -0.4 is 5.32 Å². The third kappa shape index (κ3) is 4.10. The molecule has 0 saturated heterocycles. The van der Waals surface area contributed by atoms with Gasteiger partial charge in [-0.15, -0.1) is 11.3 Å². The summed E-state index contributed by atoms with van der Waals surface area (Å²) in [5.41, 5.74) is 2.29. The standard InChI is InChI=1S/C13H9Cl3N2O3S/c1-6-12(22-5-17-6)13(20)21-4-10(19)18-11-8(15)2-7(14)3-9(11)16/h2-3,5H,4H2,1H3,(H,18,19). The molecule has 1 N–H and O–H groups in total. The fourth-order valence-corrected chi connectivity index (χ4v) is 3.14. The Kier molecular flexibility index (Phi) is 5.63. The van der Waals surface area contributed by atoms with Crippen LogP contribution in [0.4, 0.5) is 5.69 Å². The Labute approximate surface area is 145 Å². The molecule has 2 rings (SSSR count). The van der Waals surface area contributed by atoms with Gasteiger partial charge in [0, 0.05) is 5.02 Å². The summed E-state index contributed by atoms with van der Waals surface area (Å²) in [5.74, 6) is -1.18. The van der Waals surface area contributed by atoms with Crippen molar-refractivity contribution >= 4 is 63.7 Å². The maximum atomic E-state index is 11.8. The van der Waals surface area contributed by atoms with E-state index in [1.54, 1.807) is 6.92 Å². The fourth-order valence-electron chi connectivity index (χ4n) is 1.53. The molecule has 0 atom stereocenters. The van der Waals surface area contributed by atoms with Crippen LogP contribution in [-0.2, 0) is 9.53 Å². The van der Waals surface area contributed by atoms with Gasteiger partial charge in [-0.25, -0.2) is 9.78 Å². The third-order valence-electron chi connectivity index (χ3n) is 2.54. The number of anilines is 1. The Bertz CT molecular complexity index is 710. The molecule has 9 heteroatoms. The number of hydrogen-bond donors (Lipinski definition) is 1. The molecule has 0 saturated carbocycles. The van der Waals surface area contributed by atoms with E-state index in [1.807, 2.05) is 0 Å². The topological polar surface area (TPSA) is 68.3 Å². The first-order valence-corrected chi connectivity index (χ1v) is 7.91. The van der Waals surface area contributed by atoms with Crippen molar-refractivity contribution in [2.45, 2.75) is 6.92 Å². The molecular formula is C13H9Cl3N2O3S. The number of thiazole rings is 1. The molecule has 1 amide bonds. The van der Waals surface area contributed by atoms with Crippen LogP contribution >= 0.6 is 46.1 Å². The minimum Gasteiger partial charge on any atom is -0.451 e. The summed E-state index contributed by atoms with van der Waals surface area (Å²) >= 11 is 18.8. The Morgan fingerprint density at radius 1 is 1.27 bits per heavy atom. The average Bonchev–Trinajstić information content (AvgIpc) is 2.86. The molecule has 0 radical (unpaired) electrons. The molecule has 0 bridgehead atoms. The highest BCUT2D eigenvalue weighted by Crippen LogP contribution is 2.33. The zero-order chi connectivity index (χ0) is 16.3. The number of hydrogen-bond acceptors (Lipinski definition) is 5. The lowest BCUT2D eigenvalue weighted by Gasteiger charge is -2.10. The maximum Gasteiger partial charge on any atom is 0.350 e. The highest BCUT2D eigenvalue weighted by molar-refractivity contribution is 7.11. The number of rotatable bonds is 4. The van der Waals surface area contributed by atoms with Gasteiger partial charge in [-0.2, -0.15) is 0 Å². The Morgan fingerprint density at radius 2 is 1.91 bits per heavy atom. The van der Waals surface area contributed by atoms with Crippen LogP contribution in [0.2, 0.25) is 15.1 Å². The van der Waals surface area contributed by atoms with Crippen LogP contribution in [0.3, 0.4) is 0 Å². The van der Waals surface area contributed by atoms with Crippen molar-refractivity contribution < 1.29 is 14.3 Å². The largest absolute Gasteiger partial charge is 0.451 e. The van der Waals surface area contributed by atoms with E-state index in [9.17, 15) is 9.59 Å². The summed E-state index contributed by atoms with van der Waals surface area (Å²) in [6.07, 6.45) is 0. The fraction of sp³-hybridized carbons (Fsp3) is 0.154. The normalized spacial score (nSPS) is 10.4. The second-order valence-electron chi connectivity index (χ2n) is 4.14. The lowest BCUT2D eigenvalue weighted by Crippen LogP contribution is -2.21. The van der Waals surface area contributed by atoms with Crippen molar-refractivity contribution in [1.82, 2.24) is 4.98 Å². The Balaban J connectivity index is 1.97. The van der Waals surface area contributed by atoms with Crippen molar-refractivity contribution in [2.75, 3.05) is 11.9 Å². The number of halogens is 3. The summed E-state index contributed by atoms with van der Waals surface area (Å²) in [6, 6.07) is 2.88. The minimum absolute atomic E-state index is 0.190. The Hall–Kier alpha value is -1.34. The van der Waals surface area contributed by atoms with Crippen molar-refractivity contribution in [1.29, 1.82) is 0 Å². The molecule has 1 aromatic heterocycles. The quantitative estimate of drug-likeness (QED) is 0.808. The zero-order valence-corrected chi connectivity index (χ0v) is 14.2. The molecule has 0 aliphatic heterocycles. The van der Waals surface area contributed by atoms with Crippen molar-refractivity contribution in [3.05, 3.63) is 43.3 Å². The third-order valence-corrected chi connectivity index (χ3v) is 4.26. The van der Waals surface area contributed by atoms with Gasteiger partial charge in [0.25, 0.3) is 5.91 Å². The average molecular weight is 380 g/mol. The minimum atomic E-state index is -0.608. The van der Waals surface area contributed by atoms with Crippen LogP contribution in [0, 0.1) is 6.92 Å². The van der Waals surface area contributed by atoms with Crippen molar-refractivity contribution in [3.8, 4) is 0 Å². The van der Waals surface area contributed by atoms with Crippen LogP contribution in [0.15, 0.2) is 17.6 Å². The van der Waals surface area contributed by atoms with E-state index < -0.39 is 18.5 Å². The van der Waals surface area contributed by atoms with Gasteiger partial charge in [0.1, 0.15) is 4.88 Å². The Morgan fingerprint density at radius 3 is 2.45 bits per heavy atom. The summed E-state index contributed by atoms with van der Waals surface area (Å²) in [5, 5.41) is 3.20. The predicted octanol–water partition coefficient (Wildman–Crippen LogP) is 4.21. The molecule has 0 aliphatic carbocycles. The first-order chi connectivity index (χ1) is 10.4. The predicted molar refractivity (Wildman–Crippen MR) is 87.2 cm³/mol. The summed E-state index contributed by atoms with van der Waals surface area (Å²) < 4.78 is 4.91. The van der Waals surface area contributed by atoms with Crippen LogP contribution in [0.25, 0.3) is 0 Å². The smallest absolute Gasteiger partial charge is 0.350 e. The van der Waals surface area contributed by atoms with Gasteiger partial charge < -0.3 is 10.1 Å². The number of nitrogens with one attached hydrogen (secondary N) is 1. The second kappa shape index (κ2) is 7.28. The molecule has 1 aromatic carbocycles. The summed E-state index contributed by atoms with van der Waals surface area (Å²) in [6.45, 7) is 1.21. The van der Waals surface area contributed by atoms with Crippen molar-refractivity contribution in [2.24, 2.45) is 0 Å². The molecule has 2 aromatic rings. The van der Waals surface area contributed by atoms with Gasteiger partial charge in [-0.3, -0.25) is 4.79 Å². The molecule has 22 heavy (non-hydrogen) atoms. The molecule has 1 heterocycles.